The first-order valence-electron chi connectivity index (χ1n) is 8.74. The van der Waals surface area contributed by atoms with Crippen molar-refractivity contribution in [2.24, 2.45) is 0 Å². The van der Waals surface area contributed by atoms with Crippen LogP contribution < -0.4 is 4.74 Å². The van der Waals surface area contributed by atoms with E-state index in [1.165, 1.54) is 19.2 Å². The molecule has 6 heteroatoms. The van der Waals surface area contributed by atoms with Crippen molar-refractivity contribution >= 4 is 22.4 Å². The lowest BCUT2D eigenvalue weighted by Crippen LogP contribution is -2.22. The third-order valence-corrected chi connectivity index (χ3v) is 4.99. The summed E-state index contributed by atoms with van der Waals surface area (Å²) in [5.41, 5.74) is 1.98. The fourth-order valence-corrected chi connectivity index (χ4v) is 3.72. The van der Waals surface area contributed by atoms with Crippen LogP contribution in [-0.2, 0) is 9.53 Å². The van der Waals surface area contributed by atoms with Crippen molar-refractivity contribution < 1.29 is 19.2 Å². The lowest BCUT2D eigenvalue weighted by Gasteiger charge is -2.30. The zero-order valence-corrected chi connectivity index (χ0v) is 15.3. The van der Waals surface area contributed by atoms with Crippen LogP contribution in [0.4, 0.5) is 5.69 Å². The Morgan fingerprint density at radius 1 is 1.07 bits per heavy atom. The van der Waals surface area contributed by atoms with E-state index in [4.69, 9.17) is 9.47 Å². The monoisotopic (exact) mass is 375 g/mol. The lowest BCUT2D eigenvalue weighted by molar-refractivity contribution is -0.384. The molecule has 1 unspecified atom stereocenters. The van der Waals surface area contributed by atoms with E-state index in [0.29, 0.717) is 17.1 Å². The minimum Gasteiger partial charge on any atom is -0.466 e. The number of carbonyl (C=O) groups is 1. The summed E-state index contributed by atoms with van der Waals surface area (Å²) in [5.74, 6) is 0.174. The molecule has 0 N–H and O–H groups in total. The summed E-state index contributed by atoms with van der Waals surface area (Å²) in [6.45, 7) is 1.72. The lowest BCUT2D eigenvalue weighted by atomic mass is 9.80. The van der Waals surface area contributed by atoms with E-state index in [1.54, 1.807) is 19.1 Å². The van der Waals surface area contributed by atoms with Gasteiger partial charge in [-0.2, -0.15) is 0 Å². The molecule has 0 saturated carbocycles. The van der Waals surface area contributed by atoms with Crippen LogP contribution in [0.3, 0.4) is 0 Å². The molecular formula is C22H17NO5. The standard InChI is InChI=1S/C22H17NO5/c1-13-19(22(24)27-2)20(15-7-10-16(11-8-15)23(25)26)21-17-6-4-3-5-14(17)9-12-18(21)28-13/h3-12,20H,1-2H3. The number of esters is 1. The Morgan fingerprint density at radius 3 is 2.46 bits per heavy atom. The highest BCUT2D eigenvalue weighted by Gasteiger charge is 2.35. The van der Waals surface area contributed by atoms with E-state index in [1.807, 2.05) is 36.4 Å². The summed E-state index contributed by atoms with van der Waals surface area (Å²) in [7, 11) is 1.33. The number of ether oxygens (including phenoxy) is 2. The van der Waals surface area contributed by atoms with Crippen molar-refractivity contribution in [1.82, 2.24) is 0 Å². The van der Waals surface area contributed by atoms with Crippen LogP contribution in [0.2, 0.25) is 0 Å². The van der Waals surface area contributed by atoms with Gasteiger partial charge in [-0.15, -0.1) is 0 Å². The number of non-ortho nitro benzene ring substituents is 1. The number of hydrogen-bond acceptors (Lipinski definition) is 5. The SMILES string of the molecule is COC(=O)C1=C(C)Oc2ccc3ccccc3c2C1c1ccc([N+](=O)[O-])cc1. The molecule has 0 aliphatic carbocycles. The maximum atomic E-state index is 12.6. The molecule has 6 nitrogen and oxygen atoms in total. The molecule has 1 atom stereocenters. The van der Waals surface area contributed by atoms with Gasteiger partial charge in [-0.05, 0) is 29.3 Å². The summed E-state index contributed by atoms with van der Waals surface area (Å²) in [5, 5.41) is 13.0. The van der Waals surface area contributed by atoms with Gasteiger partial charge < -0.3 is 9.47 Å². The van der Waals surface area contributed by atoms with E-state index < -0.39 is 16.8 Å². The molecule has 1 heterocycles. The number of allylic oxidation sites excluding steroid dienone is 1. The van der Waals surface area contributed by atoms with E-state index in [-0.39, 0.29) is 5.69 Å². The van der Waals surface area contributed by atoms with Crippen molar-refractivity contribution in [2.75, 3.05) is 7.11 Å². The van der Waals surface area contributed by atoms with Gasteiger partial charge in [0, 0.05) is 23.6 Å². The van der Waals surface area contributed by atoms with E-state index in [2.05, 4.69) is 0 Å². The minimum absolute atomic E-state index is 0.00530. The number of carbonyl (C=O) groups excluding carboxylic acids is 1. The molecule has 0 bridgehead atoms. The smallest absolute Gasteiger partial charge is 0.338 e. The van der Waals surface area contributed by atoms with Gasteiger partial charge in [0.1, 0.15) is 11.5 Å². The van der Waals surface area contributed by atoms with Crippen molar-refractivity contribution in [3.8, 4) is 5.75 Å². The summed E-state index contributed by atoms with van der Waals surface area (Å²) >= 11 is 0. The molecule has 0 saturated heterocycles. The normalized spacial score (nSPS) is 15.7. The van der Waals surface area contributed by atoms with E-state index in [0.717, 1.165) is 21.9 Å². The Hall–Kier alpha value is -3.67. The van der Waals surface area contributed by atoms with Crippen molar-refractivity contribution in [2.45, 2.75) is 12.8 Å². The predicted octanol–water partition coefficient (Wildman–Crippen LogP) is 4.72. The van der Waals surface area contributed by atoms with Crippen LogP contribution in [0.5, 0.6) is 5.75 Å². The molecule has 0 spiro atoms. The van der Waals surface area contributed by atoms with Crippen molar-refractivity contribution in [3.05, 3.63) is 93.2 Å². The Bertz CT molecular complexity index is 1130. The molecule has 140 valence electrons. The van der Waals surface area contributed by atoms with Crippen LogP contribution in [0, 0.1) is 10.1 Å². The van der Waals surface area contributed by atoms with Gasteiger partial charge in [0.25, 0.3) is 5.69 Å². The van der Waals surface area contributed by atoms with Gasteiger partial charge in [-0.25, -0.2) is 4.79 Å². The number of fused-ring (bicyclic) bond motifs is 3. The Morgan fingerprint density at radius 2 is 1.79 bits per heavy atom. The number of nitro groups is 1. The average Bonchev–Trinajstić information content (AvgIpc) is 2.72. The number of rotatable bonds is 3. The Kier molecular flexibility index (Phi) is 4.31. The third kappa shape index (κ3) is 2.79. The highest BCUT2D eigenvalue weighted by molar-refractivity contribution is 5.97. The molecule has 0 aromatic heterocycles. The third-order valence-electron chi connectivity index (χ3n) is 4.99. The van der Waals surface area contributed by atoms with Crippen molar-refractivity contribution in [3.63, 3.8) is 0 Å². The minimum atomic E-state index is -0.487. The second-order valence-electron chi connectivity index (χ2n) is 6.54. The summed E-state index contributed by atoms with van der Waals surface area (Å²) in [6.07, 6.45) is 0. The summed E-state index contributed by atoms with van der Waals surface area (Å²) < 4.78 is 11.0. The Labute approximate surface area is 161 Å². The van der Waals surface area contributed by atoms with E-state index >= 15 is 0 Å². The second-order valence-corrected chi connectivity index (χ2v) is 6.54. The van der Waals surface area contributed by atoms with Crippen LogP contribution >= 0.6 is 0 Å². The molecule has 4 rings (SSSR count). The van der Waals surface area contributed by atoms with Gasteiger partial charge >= 0.3 is 5.97 Å². The number of nitrogens with zero attached hydrogens (tertiary/aromatic N) is 1. The first-order valence-corrected chi connectivity index (χ1v) is 8.74. The summed E-state index contributed by atoms with van der Waals surface area (Å²) in [6, 6.07) is 17.9. The van der Waals surface area contributed by atoms with Crippen LogP contribution in [0.1, 0.15) is 24.0 Å². The topological polar surface area (TPSA) is 78.7 Å². The van der Waals surface area contributed by atoms with Gasteiger partial charge in [-0.1, -0.05) is 42.5 Å². The van der Waals surface area contributed by atoms with Crippen LogP contribution in [-0.4, -0.2) is 18.0 Å². The molecule has 3 aromatic carbocycles. The maximum Gasteiger partial charge on any atom is 0.338 e. The van der Waals surface area contributed by atoms with Crippen LogP contribution in [0.25, 0.3) is 10.8 Å². The van der Waals surface area contributed by atoms with Crippen molar-refractivity contribution in [1.29, 1.82) is 0 Å². The highest BCUT2D eigenvalue weighted by Crippen LogP contribution is 2.46. The molecule has 0 amide bonds. The maximum absolute atomic E-state index is 12.6. The molecule has 3 aromatic rings. The van der Waals surface area contributed by atoms with Gasteiger partial charge in [0.05, 0.1) is 17.6 Å². The van der Waals surface area contributed by atoms with Gasteiger partial charge in [0.2, 0.25) is 0 Å². The molecule has 1 aliphatic rings. The molecule has 28 heavy (non-hydrogen) atoms. The quantitative estimate of drug-likeness (QED) is 0.376. The van der Waals surface area contributed by atoms with Gasteiger partial charge in [-0.3, -0.25) is 10.1 Å². The first kappa shape index (κ1) is 17.7. The van der Waals surface area contributed by atoms with Gasteiger partial charge in [0.15, 0.2) is 0 Å². The fourth-order valence-electron chi connectivity index (χ4n) is 3.72. The number of nitro benzene ring substituents is 1. The predicted molar refractivity (Wildman–Crippen MR) is 104 cm³/mol. The number of benzene rings is 3. The largest absolute Gasteiger partial charge is 0.466 e. The summed E-state index contributed by atoms with van der Waals surface area (Å²) in [4.78, 5) is 23.2. The highest BCUT2D eigenvalue weighted by atomic mass is 16.6. The zero-order valence-electron chi connectivity index (χ0n) is 15.3. The average molecular weight is 375 g/mol. The molecule has 1 aliphatic heterocycles. The van der Waals surface area contributed by atoms with E-state index in [9.17, 15) is 14.9 Å². The number of methoxy groups -OCH3 is 1. The fraction of sp³-hybridized carbons (Fsp3) is 0.136. The van der Waals surface area contributed by atoms with Crippen LogP contribution in [0.15, 0.2) is 72.0 Å². The first-order chi connectivity index (χ1) is 13.5. The number of hydrogen-bond donors (Lipinski definition) is 0. The Balaban J connectivity index is 2.00. The molecule has 0 fully saturated rings. The molecule has 0 radical (unpaired) electrons. The second kappa shape index (κ2) is 6.81. The zero-order chi connectivity index (χ0) is 19.8. The molecular weight excluding hydrogens is 358 g/mol.